The second-order valence-corrected chi connectivity index (χ2v) is 5.85. The fourth-order valence-corrected chi connectivity index (χ4v) is 2.85. The number of aliphatic hydroxyl groups is 1. The molecule has 1 amide bonds. The van der Waals surface area contributed by atoms with Crippen molar-refractivity contribution < 1.29 is 9.90 Å². The number of hydrogen-bond donors (Lipinski definition) is 1. The Morgan fingerprint density at radius 1 is 1.30 bits per heavy atom. The van der Waals surface area contributed by atoms with Crippen molar-refractivity contribution in [3.8, 4) is 0 Å². The SMILES string of the molecule is Cc1cc(CO)cc(C(=O)N2CCC(N(C)C)CC2)c1. The molecular formula is C16H24N2O2. The van der Waals surface area contributed by atoms with Crippen molar-refractivity contribution in [1.82, 2.24) is 9.80 Å². The molecule has 1 N–H and O–H groups in total. The maximum absolute atomic E-state index is 12.5. The summed E-state index contributed by atoms with van der Waals surface area (Å²) >= 11 is 0. The van der Waals surface area contributed by atoms with Crippen LogP contribution in [0.15, 0.2) is 18.2 Å². The van der Waals surface area contributed by atoms with Crippen LogP contribution in [0.4, 0.5) is 0 Å². The van der Waals surface area contributed by atoms with Crippen LogP contribution >= 0.6 is 0 Å². The fraction of sp³-hybridized carbons (Fsp3) is 0.562. The monoisotopic (exact) mass is 276 g/mol. The van der Waals surface area contributed by atoms with Gasteiger partial charge < -0.3 is 14.9 Å². The predicted octanol–water partition coefficient (Wildman–Crippen LogP) is 1.65. The number of hydrogen-bond acceptors (Lipinski definition) is 3. The number of benzene rings is 1. The minimum atomic E-state index is -0.0232. The van der Waals surface area contributed by atoms with Crippen molar-refractivity contribution in [3.05, 3.63) is 34.9 Å². The minimum Gasteiger partial charge on any atom is -0.392 e. The van der Waals surface area contributed by atoms with Crippen LogP contribution in [0.3, 0.4) is 0 Å². The average molecular weight is 276 g/mol. The van der Waals surface area contributed by atoms with Gasteiger partial charge in [0.1, 0.15) is 0 Å². The summed E-state index contributed by atoms with van der Waals surface area (Å²) < 4.78 is 0. The van der Waals surface area contributed by atoms with Gasteiger partial charge in [0.15, 0.2) is 0 Å². The highest BCUT2D eigenvalue weighted by Gasteiger charge is 2.24. The number of carbonyl (C=O) groups excluding carboxylic acids is 1. The molecule has 1 aromatic carbocycles. The normalized spacial score (nSPS) is 16.8. The summed E-state index contributed by atoms with van der Waals surface area (Å²) in [4.78, 5) is 16.7. The Kier molecular flexibility index (Phi) is 4.78. The van der Waals surface area contributed by atoms with Gasteiger partial charge in [-0.15, -0.1) is 0 Å². The van der Waals surface area contributed by atoms with Crippen LogP contribution in [0.2, 0.25) is 0 Å². The summed E-state index contributed by atoms with van der Waals surface area (Å²) in [7, 11) is 4.19. The molecule has 0 unspecified atom stereocenters. The molecule has 20 heavy (non-hydrogen) atoms. The largest absolute Gasteiger partial charge is 0.392 e. The van der Waals surface area contributed by atoms with E-state index < -0.39 is 0 Å². The van der Waals surface area contributed by atoms with Crippen LogP contribution in [-0.4, -0.2) is 54.0 Å². The lowest BCUT2D eigenvalue weighted by atomic mass is 10.0. The van der Waals surface area contributed by atoms with Crippen LogP contribution < -0.4 is 0 Å². The van der Waals surface area contributed by atoms with E-state index in [4.69, 9.17) is 0 Å². The number of aryl methyl sites for hydroxylation is 1. The average Bonchev–Trinajstić information content (AvgIpc) is 2.45. The van der Waals surface area contributed by atoms with Crippen molar-refractivity contribution in [2.75, 3.05) is 27.2 Å². The summed E-state index contributed by atoms with van der Waals surface area (Å²) in [6, 6.07) is 6.19. The molecule has 4 nitrogen and oxygen atoms in total. The molecule has 0 radical (unpaired) electrons. The van der Waals surface area contributed by atoms with Gasteiger partial charge in [0, 0.05) is 24.7 Å². The van der Waals surface area contributed by atoms with Crippen molar-refractivity contribution in [1.29, 1.82) is 0 Å². The molecule has 0 saturated carbocycles. The molecule has 1 aromatic rings. The Balaban J connectivity index is 2.07. The third-order valence-electron chi connectivity index (χ3n) is 4.05. The molecule has 0 spiro atoms. The van der Waals surface area contributed by atoms with Crippen molar-refractivity contribution in [2.24, 2.45) is 0 Å². The smallest absolute Gasteiger partial charge is 0.253 e. The molecule has 4 heteroatoms. The van der Waals surface area contributed by atoms with Crippen molar-refractivity contribution in [3.63, 3.8) is 0 Å². The summed E-state index contributed by atoms with van der Waals surface area (Å²) in [5, 5.41) is 9.24. The second kappa shape index (κ2) is 6.37. The van der Waals surface area contributed by atoms with Gasteiger partial charge in [-0.05, 0) is 57.1 Å². The van der Waals surface area contributed by atoms with E-state index in [1.54, 1.807) is 6.07 Å². The molecule has 1 heterocycles. The lowest BCUT2D eigenvalue weighted by molar-refractivity contribution is 0.0663. The number of aliphatic hydroxyl groups excluding tert-OH is 1. The highest BCUT2D eigenvalue weighted by atomic mass is 16.3. The van der Waals surface area contributed by atoms with Gasteiger partial charge in [-0.25, -0.2) is 0 Å². The third-order valence-corrected chi connectivity index (χ3v) is 4.05. The topological polar surface area (TPSA) is 43.8 Å². The van der Waals surface area contributed by atoms with Crippen LogP contribution in [0.1, 0.15) is 34.3 Å². The van der Waals surface area contributed by atoms with Gasteiger partial charge in [-0.2, -0.15) is 0 Å². The standard InChI is InChI=1S/C16H24N2O2/c1-12-8-13(11-19)10-14(9-12)16(20)18-6-4-15(5-7-18)17(2)3/h8-10,15,19H,4-7,11H2,1-3H3. The van der Waals surface area contributed by atoms with Gasteiger partial charge in [-0.3, -0.25) is 4.79 Å². The molecular weight excluding hydrogens is 252 g/mol. The number of likely N-dealkylation sites (tertiary alicyclic amines) is 1. The third kappa shape index (κ3) is 3.38. The quantitative estimate of drug-likeness (QED) is 0.913. The highest BCUT2D eigenvalue weighted by Crippen LogP contribution is 2.18. The van der Waals surface area contributed by atoms with Crippen molar-refractivity contribution >= 4 is 5.91 Å². The lowest BCUT2D eigenvalue weighted by Gasteiger charge is -2.35. The maximum Gasteiger partial charge on any atom is 0.253 e. The molecule has 0 atom stereocenters. The molecule has 0 aromatic heterocycles. The number of rotatable bonds is 3. The summed E-state index contributed by atoms with van der Waals surface area (Å²) in [6.07, 6.45) is 2.05. The van der Waals surface area contributed by atoms with Gasteiger partial charge in [0.25, 0.3) is 5.91 Å². The minimum absolute atomic E-state index is 0.0232. The Labute approximate surface area is 121 Å². The Bertz CT molecular complexity index is 477. The van der Waals surface area contributed by atoms with Gasteiger partial charge >= 0.3 is 0 Å². The molecule has 110 valence electrons. The number of nitrogens with zero attached hydrogens (tertiary/aromatic N) is 2. The molecule has 1 aliphatic heterocycles. The zero-order valence-corrected chi connectivity index (χ0v) is 12.6. The molecule has 0 aliphatic carbocycles. The number of carbonyl (C=O) groups is 1. The molecule has 1 aliphatic rings. The van der Waals surface area contributed by atoms with E-state index >= 15 is 0 Å². The predicted molar refractivity (Wildman–Crippen MR) is 79.7 cm³/mol. The van der Waals surface area contributed by atoms with Gasteiger partial charge in [-0.1, -0.05) is 6.07 Å². The highest BCUT2D eigenvalue weighted by molar-refractivity contribution is 5.94. The Morgan fingerprint density at radius 2 is 1.95 bits per heavy atom. The first-order valence-electron chi connectivity index (χ1n) is 7.18. The van der Waals surface area contributed by atoms with E-state index in [0.29, 0.717) is 11.6 Å². The maximum atomic E-state index is 12.5. The number of amides is 1. The summed E-state index contributed by atoms with van der Waals surface area (Å²) in [6.45, 7) is 3.55. The Hall–Kier alpha value is -1.39. The van der Waals surface area contributed by atoms with Crippen LogP contribution in [0.25, 0.3) is 0 Å². The van der Waals surface area contributed by atoms with Crippen LogP contribution in [-0.2, 0) is 6.61 Å². The summed E-state index contributed by atoms with van der Waals surface area (Å²) in [5.74, 6) is 0.0839. The van der Waals surface area contributed by atoms with Crippen LogP contribution in [0, 0.1) is 6.92 Å². The summed E-state index contributed by atoms with van der Waals surface area (Å²) in [5.41, 5.74) is 2.51. The van der Waals surface area contributed by atoms with Gasteiger partial charge in [0.2, 0.25) is 0 Å². The zero-order chi connectivity index (χ0) is 14.7. The van der Waals surface area contributed by atoms with E-state index in [0.717, 1.165) is 37.1 Å². The molecule has 1 fully saturated rings. The van der Waals surface area contributed by atoms with E-state index in [9.17, 15) is 9.90 Å². The first-order valence-corrected chi connectivity index (χ1v) is 7.18. The van der Waals surface area contributed by atoms with E-state index in [1.165, 1.54) is 0 Å². The van der Waals surface area contributed by atoms with Crippen LogP contribution in [0.5, 0.6) is 0 Å². The lowest BCUT2D eigenvalue weighted by Crippen LogP contribution is -2.44. The Morgan fingerprint density at radius 3 is 2.50 bits per heavy atom. The van der Waals surface area contributed by atoms with Crippen molar-refractivity contribution in [2.45, 2.75) is 32.4 Å². The van der Waals surface area contributed by atoms with E-state index in [-0.39, 0.29) is 12.5 Å². The first kappa shape index (κ1) is 15.0. The number of piperidine rings is 1. The van der Waals surface area contributed by atoms with Gasteiger partial charge in [0.05, 0.1) is 6.61 Å². The molecule has 0 bridgehead atoms. The van der Waals surface area contributed by atoms with E-state index in [2.05, 4.69) is 19.0 Å². The zero-order valence-electron chi connectivity index (χ0n) is 12.6. The van der Waals surface area contributed by atoms with E-state index in [1.807, 2.05) is 24.0 Å². The fourth-order valence-electron chi connectivity index (χ4n) is 2.85. The first-order chi connectivity index (χ1) is 9.51. The molecule has 1 saturated heterocycles. The second-order valence-electron chi connectivity index (χ2n) is 5.85. The molecule has 2 rings (SSSR count).